The van der Waals surface area contributed by atoms with Gasteiger partial charge in [0.15, 0.2) is 11.8 Å². The summed E-state index contributed by atoms with van der Waals surface area (Å²) in [7, 11) is 1.79. The number of guanidine groups is 1. The van der Waals surface area contributed by atoms with Crippen LogP contribution in [0.25, 0.3) is 0 Å². The van der Waals surface area contributed by atoms with Gasteiger partial charge in [-0.25, -0.2) is 0 Å². The van der Waals surface area contributed by atoms with Gasteiger partial charge in [0.1, 0.15) is 6.10 Å². The van der Waals surface area contributed by atoms with Gasteiger partial charge in [-0.3, -0.25) is 4.99 Å². The number of nitrogens with one attached hydrogen (secondary N) is 1. The van der Waals surface area contributed by atoms with Crippen molar-refractivity contribution in [3.05, 3.63) is 47.6 Å². The highest BCUT2D eigenvalue weighted by Crippen LogP contribution is 2.18. The number of aromatic nitrogens is 2. The van der Waals surface area contributed by atoms with Crippen molar-refractivity contribution in [3.8, 4) is 0 Å². The summed E-state index contributed by atoms with van der Waals surface area (Å²) < 4.78 is 16.7. The van der Waals surface area contributed by atoms with Crippen LogP contribution in [0.15, 0.2) is 39.8 Å². The molecule has 0 saturated carbocycles. The van der Waals surface area contributed by atoms with Gasteiger partial charge in [-0.05, 0) is 25.8 Å². The fraction of sp³-hybridized carbons (Fsp3) is 0.571. The topological polar surface area (TPSA) is 85.0 Å². The summed E-state index contributed by atoms with van der Waals surface area (Å²) in [5.74, 6) is 2.43. The van der Waals surface area contributed by atoms with E-state index in [1.165, 1.54) is 5.56 Å². The van der Waals surface area contributed by atoms with Crippen LogP contribution in [0.3, 0.4) is 0 Å². The molecule has 1 aromatic carbocycles. The van der Waals surface area contributed by atoms with E-state index in [9.17, 15) is 0 Å². The average Bonchev–Trinajstić information content (AvgIpc) is 3.40. The lowest BCUT2D eigenvalue weighted by Crippen LogP contribution is -2.39. The van der Waals surface area contributed by atoms with Crippen molar-refractivity contribution in [2.45, 2.75) is 39.5 Å². The van der Waals surface area contributed by atoms with E-state index in [0.717, 1.165) is 32.1 Å². The summed E-state index contributed by atoms with van der Waals surface area (Å²) in [6.45, 7) is 8.19. The zero-order valence-corrected chi connectivity index (χ0v) is 20.2. The zero-order valence-electron chi connectivity index (χ0n) is 17.9. The van der Waals surface area contributed by atoms with Crippen molar-refractivity contribution < 1.29 is 14.0 Å². The van der Waals surface area contributed by atoms with Crippen molar-refractivity contribution in [1.82, 2.24) is 20.4 Å². The predicted molar refractivity (Wildman–Crippen MR) is 126 cm³/mol. The summed E-state index contributed by atoms with van der Waals surface area (Å²) in [6.07, 6.45) is 0.915. The number of halogens is 1. The minimum absolute atomic E-state index is 0. The first-order valence-electron chi connectivity index (χ1n) is 10.2. The third kappa shape index (κ3) is 7.21. The molecular formula is C21H32IN5O3. The zero-order chi connectivity index (χ0) is 20.5. The third-order valence-corrected chi connectivity index (χ3v) is 4.92. The number of likely N-dealkylation sites (tertiary alicyclic amines) is 1. The van der Waals surface area contributed by atoms with Gasteiger partial charge >= 0.3 is 0 Å². The molecule has 3 rings (SSSR count). The van der Waals surface area contributed by atoms with Crippen LogP contribution >= 0.6 is 24.0 Å². The van der Waals surface area contributed by atoms with Gasteiger partial charge in [-0.15, -0.1) is 24.0 Å². The van der Waals surface area contributed by atoms with Crippen molar-refractivity contribution in [2.24, 2.45) is 10.9 Å². The second-order valence-electron chi connectivity index (χ2n) is 7.15. The monoisotopic (exact) mass is 529 g/mol. The van der Waals surface area contributed by atoms with E-state index in [0.29, 0.717) is 37.4 Å². The van der Waals surface area contributed by atoms with E-state index in [1.807, 2.05) is 32.0 Å². The Morgan fingerprint density at radius 2 is 2.17 bits per heavy atom. The maximum Gasteiger partial charge on any atom is 0.246 e. The van der Waals surface area contributed by atoms with Gasteiger partial charge in [-0.1, -0.05) is 35.5 Å². The molecule has 30 heavy (non-hydrogen) atoms. The lowest BCUT2D eigenvalue weighted by atomic mass is 10.1. The second kappa shape index (κ2) is 12.9. The Hall–Kier alpha value is -1.72. The Bertz CT molecular complexity index is 771. The Labute approximate surface area is 195 Å². The molecule has 8 nitrogen and oxygen atoms in total. The second-order valence-corrected chi connectivity index (χ2v) is 7.15. The Kier molecular flexibility index (Phi) is 10.5. The van der Waals surface area contributed by atoms with Gasteiger partial charge in [0.25, 0.3) is 0 Å². The lowest BCUT2D eigenvalue weighted by Gasteiger charge is -2.21. The Balaban J connectivity index is 0.00000320. The average molecular weight is 529 g/mol. The summed E-state index contributed by atoms with van der Waals surface area (Å²) in [6, 6.07) is 10.3. The molecule has 0 radical (unpaired) electrons. The molecular weight excluding hydrogens is 497 g/mol. The van der Waals surface area contributed by atoms with Crippen LogP contribution < -0.4 is 5.32 Å². The fourth-order valence-electron chi connectivity index (χ4n) is 3.40. The molecule has 2 heterocycles. The molecule has 9 heteroatoms. The number of hydrogen-bond donors (Lipinski definition) is 1. The highest BCUT2D eigenvalue weighted by atomic mass is 127. The van der Waals surface area contributed by atoms with E-state index < -0.39 is 0 Å². The van der Waals surface area contributed by atoms with Crippen LogP contribution in [0.4, 0.5) is 0 Å². The maximum absolute atomic E-state index is 5.91. The molecule has 0 spiro atoms. The smallest absolute Gasteiger partial charge is 0.246 e. The highest BCUT2D eigenvalue weighted by molar-refractivity contribution is 14.0. The third-order valence-electron chi connectivity index (χ3n) is 4.92. The normalized spacial score (nSPS) is 17.6. The number of ether oxygens (including phenoxy) is 2. The molecule has 1 saturated heterocycles. The minimum atomic E-state index is -0.174. The van der Waals surface area contributed by atoms with Crippen molar-refractivity contribution in [2.75, 3.05) is 33.4 Å². The first-order chi connectivity index (χ1) is 14.2. The van der Waals surface area contributed by atoms with Crippen molar-refractivity contribution in [1.29, 1.82) is 0 Å². The Morgan fingerprint density at radius 1 is 1.37 bits per heavy atom. The molecule has 2 atom stereocenters. The van der Waals surface area contributed by atoms with Gasteiger partial charge in [0, 0.05) is 32.7 Å². The number of nitrogens with zero attached hydrogens (tertiary/aromatic N) is 4. The van der Waals surface area contributed by atoms with Gasteiger partial charge in [0.2, 0.25) is 5.89 Å². The summed E-state index contributed by atoms with van der Waals surface area (Å²) >= 11 is 0. The van der Waals surface area contributed by atoms with Crippen LogP contribution in [0.2, 0.25) is 0 Å². The van der Waals surface area contributed by atoms with Crippen LogP contribution in [-0.4, -0.2) is 54.4 Å². The molecule has 2 aromatic rings. The van der Waals surface area contributed by atoms with E-state index in [4.69, 9.17) is 14.0 Å². The molecule has 0 amide bonds. The Morgan fingerprint density at radius 3 is 2.90 bits per heavy atom. The molecule has 2 unspecified atom stereocenters. The van der Waals surface area contributed by atoms with Gasteiger partial charge in [0.05, 0.1) is 19.8 Å². The SMILES string of the molecule is CCOC(C)c1noc(CNC(=NC)N2CCC(COCc3ccccc3)C2)n1.I. The molecule has 1 aliphatic heterocycles. The van der Waals surface area contributed by atoms with E-state index in [1.54, 1.807) is 7.05 Å². The molecule has 0 aliphatic carbocycles. The fourth-order valence-corrected chi connectivity index (χ4v) is 3.40. The molecule has 1 aliphatic rings. The van der Waals surface area contributed by atoms with Crippen molar-refractivity contribution >= 4 is 29.9 Å². The van der Waals surface area contributed by atoms with E-state index in [-0.39, 0.29) is 30.1 Å². The minimum Gasteiger partial charge on any atom is -0.376 e. The number of benzene rings is 1. The molecule has 1 aromatic heterocycles. The standard InChI is InChI=1S/C21H31N5O3.HI/c1-4-28-16(2)20-24-19(29-25-20)12-23-21(22-3)26-11-10-18(13-26)15-27-14-17-8-6-5-7-9-17;/h5-9,16,18H,4,10-15H2,1-3H3,(H,22,23);1H. The molecule has 1 N–H and O–H groups in total. The molecule has 166 valence electrons. The predicted octanol–water partition coefficient (Wildman–Crippen LogP) is 3.40. The quantitative estimate of drug-likeness (QED) is 0.303. The summed E-state index contributed by atoms with van der Waals surface area (Å²) in [4.78, 5) is 11.0. The van der Waals surface area contributed by atoms with E-state index >= 15 is 0 Å². The molecule has 1 fully saturated rings. The lowest BCUT2D eigenvalue weighted by molar-refractivity contribution is 0.0683. The summed E-state index contributed by atoms with van der Waals surface area (Å²) in [5, 5.41) is 7.30. The maximum atomic E-state index is 5.91. The van der Waals surface area contributed by atoms with Crippen LogP contribution in [0.1, 0.15) is 43.7 Å². The number of aliphatic imine (C=N–C) groups is 1. The van der Waals surface area contributed by atoms with Crippen LogP contribution in [0.5, 0.6) is 0 Å². The van der Waals surface area contributed by atoms with E-state index in [2.05, 4.69) is 37.5 Å². The first kappa shape index (κ1) is 24.5. The van der Waals surface area contributed by atoms with Crippen molar-refractivity contribution in [3.63, 3.8) is 0 Å². The van der Waals surface area contributed by atoms with Crippen LogP contribution in [0, 0.1) is 5.92 Å². The van der Waals surface area contributed by atoms with Gasteiger partial charge < -0.3 is 24.2 Å². The van der Waals surface area contributed by atoms with Crippen LogP contribution in [-0.2, 0) is 22.6 Å². The molecule has 0 bridgehead atoms. The largest absolute Gasteiger partial charge is 0.376 e. The first-order valence-corrected chi connectivity index (χ1v) is 10.2. The van der Waals surface area contributed by atoms with Gasteiger partial charge in [-0.2, -0.15) is 4.98 Å². The summed E-state index contributed by atoms with van der Waals surface area (Å²) in [5.41, 5.74) is 1.21. The highest BCUT2D eigenvalue weighted by Gasteiger charge is 2.25. The number of rotatable bonds is 9. The number of hydrogen-bond acceptors (Lipinski definition) is 6.